The Kier molecular flexibility index (Phi) is 2.45. The normalized spacial score (nSPS) is 24.4. The minimum Gasteiger partial charge on any atom is -0.464 e. The lowest BCUT2D eigenvalue weighted by molar-refractivity contribution is -0.144. The number of nitrogens with zero attached hydrogens (tertiary/aromatic N) is 1. The summed E-state index contributed by atoms with van der Waals surface area (Å²) < 4.78 is 10.0. The van der Waals surface area contributed by atoms with Crippen LogP contribution in [0.15, 0.2) is 24.5 Å². The van der Waals surface area contributed by atoms with Crippen molar-refractivity contribution in [2.24, 2.45) is 0 Å². The Bertz CT molecular complexity index is 325. The second-order valence-corrected chi connectivity index (χ2v) is 3.02. The van der Waals surface area contributed by atoms with Gasteiger partial charge in [-0.05, 0) is 13.0 Å². The zero-order valence-electron chi connectivity index (χ0n) is 7.84. The molecular formula is C10H11NO3. The molecule has 1 saturated heterocycles. The Balaban J connectivity index is 1.96. The second-order valence-electron chi connectivity index (χ2n) is 3.02. The predicted molar refractivity (Wildman–Crippen MR) is 48.5 cm³/mol. The van der Waals surface area contributed by atoms with Crippen LogP contribution in [0.4, 0.5) is 0 Å². The van der Waals surface area contributed by atoms with Crippen LogP contribution in [0.1, 0.15) is 18.6 Å². The fourth-order valence-corrected chi connectivity index (χ4v) is 1.31. The second kappa shape index (κ2) is 3.75. The number of rotatable bonds is 3. The molecule has 0 aliphatic carbocycles. The maximum absolute atomic E-state index is 11.2. The maximum Gasteiger partial charge on any atom is 0.338 e. The van der Waals surface area contributed by atoms with Gasteiger partial charge in [0.25, 0.3) is 0 Å². The number of epoxide rings is 1. The van der Waals surface area contributed by atoms with Crippen molar-refractivity contribution in [3.05, 3.63) is 30.1 Å². The summed E-state index contributed by atoms with van der Waals surface area (Å²) in [5.41, 5.74) is 0.922. The molecule has 0 unspecified atom stereocenters. The van der Waals surface area contributed by atoms with E-state index < -0.39 is 6.10 Å². The maximum atomic E-state index is 11.2. The molecule has 0 spiro atoms. The van der Waals surface area contributed by atoms with Gasteiger partial charge in [-0.3, -0.25) is 4.98 Å². The quantitative estimate of drug-likeness (QED) is 0.532. The summed E-state index contributed by atoms with van der Waals surface area (Å²) in [5, 5.41) is 0. The number of aromatic nitrogens is 1. The summed E-state index contributed by atoms with van der Waals surface area (Å²) in [6.45, 7) is 2.16. The molecule has 0 radical (unpaired) electrons. The highest BCUT2D eigenvalue weighted by atomic mass is 16.6. The largest absolute Gasteiger partial charge is 0.464 e. The average Bonchev–Trinajstić information content (AvgIpc) is 2.99. The molecule has 4 nitrogen and oxygen atoms in total. The van der Waals surface area contributed by atoms with Crippen molar-refractivity contribution >= 4 is 5.97 Å². The molecule has 4 heteroatoms. The molecule has 1 aliphatic heterocycles. The summed E-state index contributed by atoms with van der Waals surface area (Å²) in [7, 11) is 0. The van der Waals surface area contributed by atoms with Crippen LogP contribution in [0.5, 0.6) is 0 Å². The molecule has 1 aromatic rings. The van der Waals surface area contributed by atoms with E-state index in [1.54, 1.807) is 19.3 Å². The molecule has 2 heterocycles. The lowest BCUT2D eigenvalue weighted by Gasteiger charge is -1.96. The van der Waals surface area contributed by atoms with Crippen LogP contribution in [-0.4, -0.2) is 23.7 Å². The Morgan fingerprint density at radius 2 is 2.57 bits per heavy atom. The number of carbonyl (C=O) groups is 1. The first kappa shape index (κ1) is 9.15. The summed E-state index contributed by atoms with van der Waals surface area (Å²) in [6.07, 6.45) is 2.79. The summed E-state index contributed by atoms with van der Waals surface area (Å²) in [5.74, 6) is -0.290. The fourth-order valence-electron chi connectivity index (χ4n) is 1.31. The third-order valence-corrected chi connectivity index (χ3v) is 2.02. The number of hydrogen-bond donors (Lipinski definition) is 0. The molecule has 1 aromatic heterocycles. The zero-order chi connectivity index (χ0) is 9.97. The van der Waals surface area contributed by atoms with Gasteiger partial charge >= 0.3 is 5.97 Å². The molecule has 0 amide bonds. The minimum absolute atomic E-state index is 0.164. The Morgan fingerprint density at radius 3 is 3.21 bits per heavy atom. The smallest absolute Gasteiger partial charge is 0.338 e. The van der Waals surface area contributed by atoms with Crippen LogP contribution < -0.4 is 0 Å². The SMILES string of the molecule is CCOC(=O)[C@@H]1O[C@H]1c1cccnc1. The van der Waals surface area contributed by atoms with Crippen LogP contribution in [0.25, 0.3) is 0 Å². The Labute approximate surface area is 81.9 Å². The van der Waals surface area contributed by atoms with Gasteiger partial charge < -0.3 is 9.47 Å². The van der Waals surface area contributed by atoms with E-state index in [1.807, 2.05) is 12.1 Å². The molecule has 0 bridgehead atoms. The Hall–Kier alpha value is -1.42. The summed E-state index contributed by atoms with van der Waals surface area (Å²) >= 11 is 0. The highest BCUT2D eigenvalue weighted by Crippen LogP contribution is 2.38. The molecular weight excluding hydrogens is 182 g/mol. The number of carbonyl (C=O) groups excluding carboxylic acids is 1. The number of hydrogen-bond acceptors (Lipinski definition) is 4. The van der Waals surface area contributed by atoms with Crippen molar-refractivity contribution < 1.29 is 14.3 Å². The van der Waals surface area contributed by atoms with Gasteiger partial charge in [0.1, 0.15) is 6.10 Å². The van der Waals surface area contributed by atoms with Gasteiger partial charge in [0.05, 0.1) is 6.61 Å². The van der Waals surface area contributed by atoms with Crippen molar-refractivity contribution in [2.45, 2.75) is 19.1 Å². The topological polar surface area (TPSA) is 51.7 Å². The Morgan fingerprint density at radius 1 is 1.71 bits per heavy atom. The van der Waals surface area contributed by atoms with Gasteiger partial charge in [-0.25, -0.2) is 4.79 Å². The monoisotopic (exact) mass is 193 g/mol. The van der Waals surface area contributed by atoms with Crippen molar-refractivity contribution in [3.8, 4) is 0 Å². The minimum atomic E-state index is -0.431. The van der Waals surface area contributed by atoms with Crippen molar-refractivity contribution in [1.82, 2.24) is 4.98 Å². The van der Waals surface area contributed by atoms with E-state index in [1.165, 1.54) is 0 Å². The van der Waals surface area contributed by atoms with Crippen molar-refractivity contribution in [3.63, 3.8) is 0 Å². The molecule has 0 N–H and O–H groups in total. The van der Waals surface area contributed by atoms with Crippen LogP contribution in [0.2, 0.25) is 0 Å². The summed E-state index contributed by atoms with van der Waals surface area (Å²) in [4.78, 5) is 15.2. The first-order chi connectivity index (χ1) is 6.83. The van der Waals surface area contributed by atoms with E-state index in [2.05, 4.69) is 4.98 Å². The molecule has 2 atom stereocenters. The lowest BCUT2D eigenvalue weighted by Crippen LogP contribution is -2.11. The van der Waals surface area contributed by atoms with E-state index in [0.717, 1.165) is 5.56 Å². The van der Waals surface area contributed by atoms with Crippen LogP contribution in [0.3, 0.4) is 0 Å². The number of ether oxygens (including phenoxy) is 2. The highest BCUT2D eigenvalue weighted by molar-refractivity contribution is 5.78. The van der Waals surface area contributed by atoms with E-state index in [-0.39, 0.29) is 12.1 Å². The average molecular weight is 193 g/mol. The molecule has 14 heavy (non-hydrogen) atoms. The zero-order valence-corrected chi connectivity index (χ0v) is 7.84. The molecule has 74 valence electrons. The van der Waals surface area contributed by atoms with Gasteiger partial charge in [0, 0.05) is 18.0 Å². The van der Waals surface area contributed by atoms with Gasteiger partial charge in [-0.2, -0.15) is 0 Å². The van der Waals surface area contributed by atoms with E-state index in [4.69, 9.17) is 9.47 Å². The molecule has 2 rings (SSSR count). The van der Waals surface area contributed by atoms with Gasteiger partial charge in [0.2, 0.25) is 0 Å². The van der Waals surface area contributed by atoms with Crippen molar-refractivity contribution in [2.75, 3.05) is 6.61 Å². The molecule has 1 fully saturated rings. The highest BCUT2D eigenvalue weighted by Gasteiger charge is 2.47. The molecule has 1 aliphatic rings. The number of pyridine rings is 1. The fraction of sp³-hybridized carbons (Fsp3) is 0.400. The third-order valence-electron chi connectivity index (χ3n) is 2.02. The molecule has 0 aromatic carbocycles. The van der Waals surface area contributed by atoms with E-state index in [0.29, 0.717) is 6.61 Å². The van der Waals surface area contributed by atoms with Gasteiger partial charge in [0.15, 0.2) is 6.10 Å². The first-order valence-electron chi connectivity index (χ1n) is 4.55. The molecule has 0 saturated carbocycles. The van der Waals surface area contributed by atoms with E-state index >= 15 is 0 Å². The predicted octanol–water partition coefficient (Wildman–Crippen LogP) is 1.08. The lowest BCUT2D eigenvalue weighted by atomic mass is 10.2. The van der Waals surface area contributed by atoms with Gasteiger partial charge in [-0.1, -0.05) is 6.07 Å². The summed E-state index contributed by atoms with van der Waals surface area (Å²) in [6, 6.07) is 3.70. The van der Waals surface area contributed by atoms with Crippen LogP contribution >= 0.6 is 0 Å². The third kappa shape index (κ3) is 1.75. The van der Waals surface area contributed by atoms with E-state index in [9.17, 15) is 4.79 Å². The number of esters is 1. The van der Waals surface area contributed by atoms with Crippen molar-refractivity contribution in [1.29, 1.82) is 0 Å². The van der Waals surface area contributed by atoms with Crippen LogP contribution in [-0.2, 0) is 14.3 Å². The first-order valence-corrected chi connectivity index (χ1v) is 4.55. The standard InChI is InChI=1S/C10H11NO3/c1-2-13-10(12)9-8(14-9)7-4-3-5-11-6-7/h3-6,8-9H,2H2,1H3/t8-,9+/m0/s1. The van der Waals surface area contributed by atoms with Crippen LogP contribution in [0, 0.1) is 0 Å². The van der Waals surface area contributed by atoms with Gasteiger partial charge in [-0.15, -0.1) is 0 Å².